The fourth-order valence-corrected chi connectivity index (χ4v) is 2.54. The van der Waals surface area contributed by atoms with Gasteiger partial charge in [-0.2, -0.15) is 0 Å². The molecule has 0 aliphatic carbocycles. The van der Waals surface area contributed by atoms with Gasteiger partial charge in [-0.15, -0.1) is 0 Å². The Morgan fingerprint density at radius 2 is 2.10 bits per heavy atom. The van der Waals surface area contributed by atoms with Crippen LogP contribution in [-0.2, 0) is 14.4 Å². The summed E-state index contributed by atoms with van der Waals surface area (Å²) < 4.78 is 0. The molecule has 110 valence electrons. The number of carboxylic acid groups (broad SMARTS) is 1. The van der Waals surface area contributed by atoms with Crippen molar-refractivity contribution < 1.29 is 24.3 Å². The van der Waals surface area contributed by atoms with Crippen LogP contribution in [0.4, 0.5) is 4.79 Å². The zero-order valence-electron chi connectivity index (χ0n) is 11.0. The number of hydrogen-bond acceptors (Lipinski definition) is 4. The summed E-state index contributed by atoms with van der Waals surface area (Å²) in [6.07, 6.45) is 1.66. The Morgan fingerprint density at radius 1 is 1.35 bits per heavy atom. The van der Waals surface area contributed by atoms with E-state index in [4.69, 9.17) is 5.11 Å². The van der Waals surface area contributed by atoms with Crippen molar-refractivity contribution in [1.29, 1.82) is 0 Å². The van der Waals surface area contributed by atoms with Gasteiger partial charge >= 0.3 is 12.0 Å². The first-order valence-corrected chi connectivity index (χ1v) is 6.61. The molecular weight excluding hydrogens is 266 g/mol. The smallest absolute Gasteiger partial charge is 0.326 e. The highest BCUT2D eigenvalue weighted by molar-refractivity contribution is 6.01. The van der Waals surface area contributed by atoms with Gasteiger partial charge in [-0.25, -0.2) is 9.59 Å². The first-order valence-electron chi connectivity index (χ1n) is 6.61. The number of likely N-dealkylation sites (tertiary alicyclic amines) is 1. The summed E-state index contributed by atoms with van der Waals surface area (Å²) in [5.41, 5.74) is 0. The van der Waals surface area contributed by atoms with Gasteiger partial charge in [0.2, 0.25) is 11.8 Å². The molecular formula is C12H17N3O5. The molecule has 2 aliphatic rings. The second kappa shape index (κ2) is 5.89. The minimum Gasteiger partial charge on any atom is -0.480 e. The van der Waals surface area contributed by atoms with Crippen molar-refractivity contribution in [2.24, 2.45) is 0 Å². The highest BCUT2D eigenvalue weighted by atomic mass is 16.4. The van der Waals surface area contributed by atoms with E-state index in [0.717, 1.165) is 4.90 Å². The molecule has 2 heterocycles. The molecule has 0 aromatic rings. The fourth-order valence-electron chi connectivity index (χ4n) is 2.54. The van der Waals surface area contributed by atoms with Crippen molar-refractivity contribution in [1.82, 2.24) is 15.1 Å². The largest absolute Gasteiger partial charge is 0.480 e. The van der Waals surface area contributed by atoms with Crippen molar-refractivity contribution >= 4 is 23.8 Å². The quantitative estimate of drug-likeness (QED) is 0.655. The van der Waals surface area contributed by atoms with Gasteiger partial charge < -0.3 is 15.3 Å². The number of urea groups is 1. The summed E-state index contributed by atoms with van der Waals surface area (Å²) in [4.78, 5) is 48.0. The van der Waals surface area contributed by atoms with E-state index in [1.54, 1.807) is 0 Å². The molecule has 20 heavy (non-hydrogen) atoms. The van der Waals surface area contributed by atoms with Gasteiger partial charge in [0, 0.05) is 19.5 Å². The number of rotatable bonds is 5. The Balaban J connectivity index is 1.79. The lowest BCUT2D eigenvalue weighted by atomic mass is 10.2. The van der Waals surface area contributed by atoms with Gasteiger partial charge in [-0.3, -0.25) is 14.5 Å². The van der Waals surface area contributed by atoms with Crippen molar-refractivity contribution in [3.63, 3.8) is 0 Å². The van der Waals surface area contributed by atoms with Crippen LogP contribution in [0.5, 0.6) is 0 Å². The van der Waals surface area contributed by atoms with Crippen LogP contribution < -0.4 is 5.32 Å². The topological polar surface area (TPSA) is 107 Å². The molecule has 0 radical (unpaired) electrons. The average Bonchev–Trinajstić information content (AvgIpc) is 2.99. The number of nitrogens with zero attached hydrogens (tertiary/aromatic N) is 2. The molecule has 0 saturated carbocycles. The zero-order valence-corrected chi connectivity index (χ0v) is 11.0. The zero-order chi connectivity index (χ0) is 14.7. The molecule has 2 saturated heterocycles. The average molecular weight is 283 g/mol. The van der Waals surface area contributed by atoms with Crippen LogP contribution >= 0.6 is 0 Å². The Morgan fingerprint density at radius 3 is 2.70 bits per heavy atom. The number of amides is 4. The third-order valence-electron chi connectivity index (χ3n) is 3.57. The summed E-state index contributed by atoms with van der Waals surface area (Å²) in [5.74, 6) is -1.51. The Bertz CT molecular complexity index is 434. The number of imide groups is 1. The summed E-state index contributed by atoms with van der Waals surface area (Å²) in [5, 5.41) is 11.4. The number of nitrogens with one attached hydrogen (secondary N) is 1. The van der Waals surface area contributed by atoms with Crippen LogP contribution in [0.15, 0.2) is 0 Å². The monoisotopic (exact) mass is 283 g/mol. The predicted molar refractivity (Wildman–Crippen MR) is 66.7 cm³/mol. The molecule has 0 aromatic heterocycles. The van der Waals surface area contributed by atoms with Crippen LogP contribution in [0.2, 0.25) is 0 Å². The van der Waals surface area contributed by atoms with E-state index in [2.05, 4.69) is 5.32 Å². The minimum atomic E-state index is -0.982. The molecule has 2 rings (SSSR count). The second-order valence-corrected chi connectivity index (χ2v) is 4.89. The molecule has 1 atom stereocenters. The van der Waals surface area contributed by atoms with Gasteiger partial charge in [0.15, 0.2) is 0 Å². The normalized spacial score (nSPS) is 22.3. The first kappa shape index (κ1) is 14.3. The lowest BCUT2D eigenvalue weighted by Gasteiger charge is -2.21. The number of carboxylic acids is 1. The molecule has 8 heteroatoms. The SMILES string of the molecule is O=C(O)C1CCCN1C(=O)CCCN1C(=O)CNC1=O. The second-order valence-electron chi connectivity index (χ2n) is 4.89. The molecule has 4 amide bonds. The van der Waals surface area contributed by atoms with E-state index in [0.29, 0.717) is 25.8 Å². The van der Waals surface area contributed by atoms with Gasteiger partial charge in [-0.05, 0) is 19.3 Å². The number of hydrogen-bond donors (Lipinski definition) is 2. The number of aliphatic carboxylic acids is 1. The van der Waals surface area contributed by atoms with Crippen molar-refractivity contribution in [2.75, 3.05) is 19.6 Å². The lowest BCUT2D eigenvalue weighted by molar-refractivity contribution is -0.148. The number of carbonyl (C=O) groups excluding carboxylic acids is 3. The van der Waals surface area contributed by atoms with E-state index in [1.807, 2.05) is 0 Å². The van der Waals surface area contributed by atoms with Gasteiger partial charge in [0.25, 0.3) is 0 Å². The summed E-state index contributed by atoms with van der Waals surface area (Å²) >= 11 is 0. The Hall–Kier alpha value is -2.12. The molecule has 2 N–H and O–H groups in total. The maximum absolute atomic E-state index is 12.0. The molecule has 0 aromatic carbocycles. The maximum atomic E-state index is 12.0. The van der Waals surface area contributed by atoms with E-state index >= 15 is 0 Å². The first-order chi connectivity index (χ1) is 9.50. The Kier molecular flexibility index (Phi) is 4.21. The molecule has 2 fully saturated rings. The van der Waals surface area contributed by atoms with Crippen LogP contribution in [-0.4, -0.2) is 64.4 Å². The van der Waals surface area contributed by atoms with Crippen molar-refractivity contribution in [3.05, 3.63) is 0 Å². The van der Waals surface area contributed by atoms with E-state index in [9.17, 15) is 19.2 Å². The maximum Gasteiger partial charge on any atom is 0.326 e. The Labute approximate surface area is 115 Å². The highest BCUT2D eigenvalue weighted by Crippen LogP contribution is 2.19. The third kappa shape index (κ3) is 2.89. The summed E-state index contributed by atoms with van der Waals surface area (Å²) in [7, 11) is 0. The van der Waals surface area contributed by atoms with Crippen LogP contribution in [0, 0.1) is 0 Å². The summed E-state index contributed by atoms with van der Waals surface area (Å²) in [6.45, 7) is 0.640. The van der Waals surface area contributed by atoms with Gasteiger partial charge in [0.1, 0.15) is 6.04 Å². The van der Waals surface area contributed by atoms with Crippen LogP contribution in [0.25, 0.3) is 0 Å². The lowest BCUT2D eigenvalue weighted by Crippen LogP contribution is -2.40. The number of carbonyl (C=O) groups is 4. The molecule has 0 spiro atoms. The molecule has 8 nitrogen and oxygen atoms in total. The molecule has 0 bridgehead atoms. The van der Waals surface area contributed by atoms with Gasteiger partial charge in [-0.1, -0.05) is 0 Å². The van der Waals surface area contributed by atoms with E-state index < -0.39 is 18.0 Å². The molecule has 1 unspecified atom stereocenters. The summed E-state index contributed by atoms with van der Waals surface area (Å²) in [6, 6.07) is -1.17. The van der Waals surface area contributed by atoms with Crippen LogP contribution in [0.3, 0.4) is 0 Å². The third-order valence-corrected chi connectivity index (χ3v) is 3.57. The minimum absolute atomic E-state index is 0.00000689. The fraction of sp³-hybridized carbons (Fsp3) is 0.667. The van der Waals surface area contributed by atoms with Gasteiger partial charge in [0.05, 0.1) is 6.54 Å². The van der Waals surface area contributed by atoms with E-state index in [1.165, 1.54) is 4.90 Å². The van der Waals surface area contributed by atoms with Crippen molar-refractivity contribution in [3.8, 4) is 0 Å². The predicted octanol–water partition coefficient (Wildman–Crippen LogP) is -0.606. The standard InChI is InChI=1S/C12H17N3O5/c16-9(14-5-1-3-8(14)11(18)19)4-2-6-15-10(17)7-13-12(15)20/h8H,1-7H2,(H,13,20)(H,18,19). The van der Waals surface area contributed by atoms with E-state index in [-0.39, 0.29) is 31.3 Å². The molecule has 2 aliphatic heterocycles. The highest BCUT2D eigenvalue weighted by Gasteiger charge is 2.34. The van der Waals surface area contributed by atoms with Crippen molar-refractivity contribution in [2.45, 2.75) is 31.7 Å². The van der Waals surface area contributed by atoms with Crippen LogP contribution in [0.1, 0.15) is 25.7 Å².